The van der Waals surface area contributed by atoms with E-state index in [9.17, 15) is 0 Å². The monoisotopic (exact) mass is 227 g/mol. The van der Waals surface area contributed by atoms with Gasteiger partial charge in [0, 0.05) is 18.0 Å². The first-order chi connectivity index (χ1) is 8.25. The summed E-state index contributed by atoms with van der Waals surface area (Å²) in [6.45, 7) is 2.02. The summed E-state index contributed by atoms with van der Waals surface area (Å²) >= 11 is 0. The highest BCUT2D eigenvalue weighted by Gasteiger charge is 1.93. The van der Waals surface area contributed by atoms with E-state index in [-0.39, 0.29) is 5.95 Å². The molecule has 2 rings (SSSR count). The molecule has 1 aromatic carbocycles. The first kappa shape index (κ1) is 11.1. The van der Waals surface area contributed by atoms with Crippen molar-refractivity contribution in [2.75, 3.05) is 11.2 Å². The smallest absolute Gasteiger partial charge is 0.219 e. The van der Waals surface area contributed by atoms with Gasteiger partial charge in [0.05, 0.1) is 11.9 Å². The molecule has 1 aromatic heterocycles. The van der Waals surface area contributed by atoms with E-state index in [0.29, 0.717) is 0 Å². The second-order valence-electron chi connectivity index (χ2n) is 3.56. The Hall–Kier alpha value is -2.43. The average Bonchev–Trinajstić information content (AvgIpc) is 2.34. The molecule has 0 amide bonds. The van der Waals surface area contributed by atoms with E-state index in [1.165, 1.54) is 0 Å². The molecule has 2 aromatic rings. The molecule has 86 valence electrons. The first-order valence-electron chi connectivity index (χ1n) is 5.18. The zero-order valence-corrected chi connectivity index (χ0v) is 9.46. The van der Waals surface area contributed by atoms with Gasteiger partial charge in [-0.25, -0.2) is 9.97 Å². The number of aryl methyl sites for hydroxylation is 1. The molecule has 17 heavy (non-hydrogen) atoms. The van der Waals surface area contributed by atoms with E-state index in [1.807, 2.05) is 31.2 Å². The molecule has 0 saturated heterocycles. The molecule has 0 atom stereocenters. The van der Waals surface area contributed by atoms with Gasteiger partial charge in [0.15, 0.2) is 0 Å². The van der Waals surface area contributed by atoms with Crippen LogP contribution in [-0.4, -0.2) is 16.2 Å². The number of aromatic nitrogens is 2. The van der Waals surface area contributed by atoms with Crippen molar-refractivity contribution in [1.82, 2.24) is 9.97 Å². The molecule has 1 heterocycles. The van der Waals surface area contributed by atoms with E-state index in [4.69, 9.17) is 5.73 Å². The van der Waals surface area contributed by atoms with Gasteiger partial charge < -0.3 is 5.73 Å². The van der Waals surface area contributed by atoms with Gasteiger partial charge in [-0.15, -0.1) is 0 Å². The molecule has 0 spiro atoms. The van der Waals surface area contributed by atoms with Crippen molar-refractivity contribution in [2.24, 2.45) is 5.10 Å². The van der Waals surface area contributed by atoms with Crippen molar-refractivity contribution in [3.63, 3.8) is 0 Å². The van der Waals surface area contributed by atoms with Crippen molar-refractivity contribution in [1.29, 1.82) is 0 Å². The minimum atomic E-state index is 0.258. The zero-order chi connectivity index (χ0) is 12.1. The molecule has 0 unspecified atom stereocenters. The number of benzene rings is 1. The summed E-state index contributed by atoms with van der Waals surface area (Å²) < 4.78 is 0. The Bertz CT molecular complexity index is 519. The Morgan fingerprint density at radius 3 is 2.65 bits per heavy atom. The molecular formula is C12H13N5. The lowest BCUT2D eigenvalue weighted by Gasteiger charge is -2.03. The highest BCUT2D eigenvalue weighted by atomic mass is 15.3. The number of rotatable bonds is 3. The van der Waals surface area contributed by atoms with Crippen molar-refractivity contribution < 1.29 is 0 Å². The normalized spacial score (nSPS) is 10.6. The van der Waals surface area contributed by atoms with Gasteiger partial charge in [0.1, 0.15) is 0 Å². The molecule has 0 radical (unpaired) electrons. The largest absolute Gasteiger partial charge is 0.368 e. The maximum atomic E-state index is 5.38. The van der Waals surface area contributed by atoms with E-state index in [2.05, 4.69) is 20.5 Å². The molecule has 0 aliphatic carbocycles. The third-order valence-electron chi connectivity index (χ3n) is 2.24. The van der Waals surface area contributed by atoms with Gasteiger partial charge in [-0.05, 0) is 18.6 Å². The highest BCUT2D eigenvalue weighted by Crippen LogP contribution is 2.12. The summed E-state index contributed by atoms with van der Waals surface area (Å²) in [5, 5.41) is 4.11. The predicted octanol–water partition coefficient (Wildman–Crippen LogP) is 1.81. The summed E-state index contributed by atoms with van der Waals surface area (Å²) in [6.07, 6.45) is 4.88. The van der Waals surface area contributed by atoms with Crippen LogP contribution in [0.1, 0.15) is 11.1 Å². The Labute approximate surface area is 99.4 Å². The maximum Gasteiger partial charge on any atom is 0.219 e. The number of nitrogen functional groups attached to an aromatic ring is 1. The zero-order valence-electron chi connectivity index (χ0n) is 9.46. The van der Waals surface area contributed by atoms with Crippen LogP contribution in [0.3, 0.4) is 0 Å². The summed E-state index contributed by atoms with van der Waals surface area (Å²) in [7, 11) is 0. The molecule has 0 saturated carbocycles. The second kappa shape index (κ2) is 5.07. The van der Waals surface area contributed by atoms with E-state index in [1.54, 1.807) is 18.6 Å². The number of nitrogens with two attached hydrogens (primary N) is 1. The van der Waals surface area contributed by atoms with Gasteiger partial charge in [-0.1, -0.05) is 18.2 Å². The lowest BCUT2D eigenvalue weighted by atomic mass is 10.2. The number of hydrogen-bond donors (Lipinski definition) is 2. The van der Waals surface area contributed by atoms with E-state index in [0.717, 1.165) is 16.8 Å². The van der Waals surface area contributed by atoms with Gasteiger partial charge in [0.2, 0.25) is 5.95 Å². The Kier molecular flexibility index (Phi) is 3.30. The number of nitrogens with zero attached hydrogens (tertiary/aromatic N) is 3. The molecular weight excluding hydrogens is 214 g/mol. The Morgan fingerprint density at radius 2 is 1.94 bits per heavy atom. The molecule has 0 aliphatic heterocycles. The molecule has 5 heteroatoms. The maximum absolute atomic E-state index is 5.38. The minimum Gasteiger partial charge on any atom is -0.368 e. The lowest BCUT2D eigenvalue weighted by molar-refractivity contribution is 1.18. The molecule has 0 fully saturated rings. The van der Waals surface area contributed by atoms with Gasteiger partial charge in [0.25, 0.3) is 0 Å². The third kappa shape index (κ3) is 3.01. The fourth-order valence-electron chi connectivity index (χ4n) is 1.29. The minimum absolute atomic E-state index is 0.258. The van der Waals surface area contributed by atoms with Crippen molar-refractivity contribution >= 4 is 17.9 Å². The quantitative estimate of drug-likeness (QED) is 0.619. The Morgan fingerprint density at radius 1 is 1.24 bits per heavy atom. The number of hydrogen-bond acceptors (Lipinski definition) is 5. The van der Waals surface area contributed by atoms with Crippen LogP contribution in [0.25, 0.3) is 0 Å². The lowest BCUT2D eigenvalue weighted by Crippen LogP contribution is -1.97. The van der Waals surface area contributed by atoms with Crippen molar-refractivity contribution in [3.8, 4) is 0 Å². The van der Waals surface area contributed by atoms with Crippen LogP contribution >= 0.6 is 0 Å². The summed E-state index contributed by atoms with van der Waals surface area (Å²) in [5.74, 6) is 0.258. The summed E-state index contributed by atoms with van der Waals surface area (Å²) in [6, 6.07) is 7.92. The molecule has 0 aliphatic rings. The fourth-order valence-corrected chi connectivity index (χ4v) is 1.29. The van der Waals surface area contributed by atoms with Gasteiger partial charge in [-0.2, -0.15) is 5.10 Å². The van der Waals surface area contributed by atoms with Gasteiger partial charge >= 0.3 is 0 Å². The number of nitrogens with one attached hydrogen (secondary N) is 1. The molecule has 0 bridgehead atoms. The molecule has 5 nitrogen and oxygen atoms in total. The van der Waals surface area contributed by atoms with Crippen LogP contribution in [0.4, 0.5) is 11.6 Å². The number of anilines is 2. The van der Waals surface area contributed by atoms with Crippen LogP contribution in [0.15, 0.2) is 41.8 Å². The number of para-hydroxylation sites is 1. The van der Waals surface area contributed by atoms with Crippen LogP contribution < -0.4 is 11.2 Å². The molecule has 3 N–H and O–H groups in total. The SMILES string of the molecule is Cc1ccccc1N/N=C/c1cnc(N)nc1. The van der Waals surface area contributed by atoms with Crippen LogP contribution in [-0.2, 0) is 0 Å². The van der Waals surface area contributed by atoms with Crippen LogP contribution in [0.2, 0.25) is 0 Å². The van der Waals surface area contributed by atoms with Crippen LogP contribution in [0.5, 0.6) is 0 Å². The van der Waals surface area contributed by atoms with Crippen molar-refractivity contribution in [2.45, 2.75) is 6.92 Å². The predicted molar refractivity (Wildman–Crippen MR) is 68.8 cm³/mol. The van der Waals surface area contributed by atoms with E-state index >= 15 is 0 Å². The highest BCUT2D eigenvalue weighted by molar-refractivity contribution is 5.79. The topological polar surface area (TPSA) is 76.2 Å². The summed E-state index contributed by atoms with van der Waals surface area (Å²) in [5.41, 5.74) is 11.2. The number of hydrazone groups is 1. The summed E-state index contributed by atoms with van der Waals surface area (Å²) in [4.78, 5) is 7.74. The fraction of sp³-hybridized carbons (Fsp3) is 0.0833. The standard InChI is InChI=1S/C12H13N5/c1-9-4-2-3-5-11(9)17-16-8-10-6-14-12(13)15-7-10/h2-8,17H,1H3,(H2,13,14,15)/b16-8+. The van der Waals surface area contributed by atoms with Gasteiger partial charge in [-0.3, -0.25) is 5.43 Å². The third-order valence-corrected chi connectivity index (χ3v) is 2.24. The average molecular weight is 227 g/mol. The second-order valence-corrected chi connectivity index (χ2v) is 3.56. The van der Waals surface area contributed by atoms with E-state index < -0.39 is 0 Å². The van der Waals surface area contributed by atoms with Crippen molar-refractivity contribution in [3.05, 3.63) is 47.8 Å². The first-order valence-corrected chi connectivity index (χ1v) is 5.18. The Balaban J connectivity index is 2.03. The van der Waals surface area contributed by atoms with Crippen LogP contribution in [0, 0.1) is 6.92 Å².